The van der Waals surface area contributed by atoms with Crippen molar-refractivity contribution < 1.29 is 8.78 Å². The Labute approximate surface area is 153 Å². The number of rotatable bonds is 2. The first-order valence-electron chi connectivity index (χ1n) is 7.75. The highest BCUT2D eigenvalue weighted by Gasteiger charge is 2.18. The smallest absolute Gasteiger partial charge is 0.271 e. The Morgan fingerprint density at radius 2 is 1.96 bits per heavy atom. The maximum Gasteiger partial charge on any atom is 0.271 e. The Balaban J connectivity index is 0.00000182. The zero-order chi connectivity index (χ0) is 16.7. The number of thiophene rings is 1. The van der Waals surface area contributed by atoms with Gasteiger partial charge in [-0.2, -0.15) is 0 Å². The van der Waals surface area contributed by atoms with Crippen LogP contribution in [0.1, 0.15) is 11.4 Å². The normalized spacial score (nSPS) is 14.8. The van der Waals surface area contributed by atoms with E-state index in [0.29, 0.717) is 30.8 Å². The summed E-state index contributed by atoms with van der Waals surface area (Å²) in [5.74, 6) is -0.875. The Kier molecular flexibility index (Phi) is 5.17. The fourth-order valence-corrected chi connectivity index (χ4v) is 3.86. The van der Waals surface area contributed by atoms with Gasteiger partial charge >= 0.3 is 0 Å². The van der Waals surface area contributed by atoms with Crippen LogP contribution in [0.25, 0.3) is 10.2 Å². The molecule has 2 aromatic heterocycles. The second-order valence-corrected chi connectivity index (χ2v) is 6.81. The zero-order valence-corrected chi connectivity index (χ0v) is 14.9. The largest absolute Gasteiger partial charge is 0.297 e. The molecule has 4 rings (SSSR count). The first-order valence-corrected chi connectivity index (χ1v) is 8.63. The molecular formula is C17H16ClF2N3OS. The number of hydrogen-bond acceptors (Lipinski definition) is 4. The van der Waals surface area contributed by atoms with Gasteiger partial charge in [0.1, 0.15) is 10.5 Å². The van der Waals surface area contributed by atoms with Crippen molar-refractivity contribution >= 4 is 34.0 Å². The summed E-state index contributed by atoms with van der Waals surface area (Å²) in [6, 6.07) is 5.84. The lowest BCUT2D eigenvalue weighted by Gasteiger charge is -2.19. The highest BCUT2D eigenvalue weighted by Crippen LogP contribution is 2.17. The number of hydrogen-bond donors (Lipinski definition) is 0. The number of aromatic nitrogens is 2. The Hall–Kier alpha value is -1.83. The molecule has 0 saturated carbocycles. The molecule has 0 radical (unpaired) electrons. The maximum atomic E-state index is 13.4. The zero-order valence-electron chi connectivity index (χ0n) is 13.2. The summed E-state index contributed by atoms with van der Waals surface area (Å²) < 4.78 is 28.8. The van der Waals surface area contributed by atoms with Gasteiger partial charge in [-0.3, -0.25) is 14.3 Å². The second kappa shape index (κ2) is 7.19. The number of fused-ring (bicyclic) bond motifs is 2. The van der Waals surface area contributed by atoms with E-state index in [9.17, 15) is 13.6 Å². The van der Waals surface area contributed by atoms with E-state index >= 15 is 0 Å². The van der Waals surface area contributed by atoms with Crippen LogP contribution in [-0.4, -0.2) is 27.5 Å². The van der Waals surface area contributed by atoms with Gasteiger partial charge in [0.05, 0.1) is 5.52 Å². The number of halogens is 3. The SMILES string of the molecule is Cl.O=c1c2sccc2nc2n1CCN(Cc1ccc(F)c(F)c1)CC2. The lowest BCUT2D eigenvalue weighted by molar-refractivity contribution is 0.270. The van der Waals surface area contributed by atoms with Gasteiger partial charge in [0.25, 0.3) is 5.56 Å². The van der Waals surface area contributed by atoms with E-state index in [2.05, 4.69) is 9.88 Å². The van der Waals surface area contributed by atoms with Gasteiger partial charge in [0.2, 0.25) is 0 Å². The van der Waals surface area contributed by atoms with E-state index in [1.165, 1.54) is 17.4 Å². The van der Waals surface area contributed by atoms with Gasteiger partial charge in [-0.25, -0.2) is 13.8 Å². The van der Waals surface area contributed by atoms with Crippen LogP contribution < -0.4 is 5.56 Å². The van der Waals surface area contributed by atoms with Gasteiger partial charge < -0.3 is 0 Å². The van der Waals surface area contributed by atoms with Gasteiger partial charge in [-0.05, 0) is 29.1 Å². The molecule has 0 bridgehead atoms. The minimum absolute atomic E-state index is 0. The first-order chi connectivity index (χ1) is 11.6. The summed E-state index contributed by atoms with van der Waals surface area (Å²) in [5.41, 5.74) is 1.49. The lowest BCUT2D eigenvalue weighted by Crippen LogP contribution is -2.28. The summed E-state index contributed by atoms with van der Waals surface area (Å²) in [4.78, 5) is 19.3. The summed E-state index contributed by atoms with van der Waals surface area (Å²) in [6.45, 7) is 2.47. The highest BCUT2D eigenvalue weighted by molar-refractivity contribution is 7.17. The summed E-state index contributed by atoms with van der Waals surface area (Å²) in [6.07, 6.45) is 0.657. The Morgan fingerprint density at radius 3 is 2.76 bits per heavy atom. The van der Waals surface area contributed by atoms with Crippen molar-refractivity contribution in [1.29, 1.82) is 0 Å². The van der Waals surface area contributed by atoms with Crippen molar-refractivity contribution in [2.45, 2.75) is 19.5 Å². The highest BCUT2D eigenvalue weighted by atomic mass is 35.5. The molecule has 0 atom stereocenters. The second-order valence-electron chi connectivity index (χ2n) is 5.89. The first kappa shape index (κ1) is 18.0. The molecule has 0 amide bonds. The third-order valence-electron chi connectivity index (χ3n) is 4.33. The molecule has 4 nitrogen and oxygen atoms in total. The molecule has 1 aliphatic heterocycles. The topological polar surface area (TPSA) is 38.1 Å². The minimum atomic E-state index is -0.835. The molecule has 1 aromatic carbocycles. The van der Waals surface area contributed by atoms with E-state index in [0.717, 1.165) is 29.5 Å². The average Bonchev–Trinajstić information content (AvgIpc) is 2.94. The molecule has 0 N–H and O–H groups in total. The molecule has 0 fully saturated rings. The van der Waals surface area contributed by atoms with E-state index in [-0.39, 0.29) is 18.0 Å². The monoisotopic (exact) mass is 383 g/mol. The van der Waals surface area contributed by atoms with Crippen molar-refractivity contribution in [3.8, 4) is 0 Å². The van der Waals surface area contributed by atoms with Crippen LogP contribution in [0, 0.1) is 11.6 Å². The third kappa shape index (κ3) is 3.44. The van der Waals surface area contributed by atoms with Crippen molar-refractivity contribution in [2.24, 2.45) is 0 Å². The molecule has 3 aromatic rings. The van der Waals surface area contributed by atoms with Crippen LogP contribution in [0.3, 0.4) is 0 Å². The minimum Gasteiger partial charge on any atom is -0.297 e. The number of nitrogens with zero attached hydrogens (tertiary/aromatic N) is 3. The van der Waals surface area contributed by atoms with Crippen LogP contribution >= 0.6 is 23.7 Å². The fourth-order valence-electron chi connectivity index (χ4n) is 3.08. The molecule has 132 valence electrons. The predicted molar refractivity (Wildman–Crippen MR) is 96.5 cm³/mol. The summed E-state index contributed by atoms with van der Waals surface area (Å²) in [5, 5.41) is 1.88. The molecule has 25 heavy (non-hydrogen) atoms. The van der Waals surface area contributed by atoms with E-state index in [4.69, 9.17) is 0 Å². The van der Waals surface area contributed by atoms with Gasteiger partial charge in [0.15, 0.2) is 11.6 Å². The molecule has 0 unspecified atom stereocenters. The molecule has 0 spiro atoms. The van der Waals surface area contributed by atoms with Crippen LogP contribution in [0.5, 0.6) is 0 Å². The van der Waals surface area contributed by atoms with Crippen LogP contribution in [0.4, 0.5) is 8.78 Å². The lowest BCUT2D eigenvalue weighted by atomic mass is 10.2. The standard InChI is InChI=1S/C17H15F2N3OS.ClH/c18-12-2-1-11(9-13(12)19)10-21-5-3-15-20-14-4-8-24-16(14)17(23)22(15)7-6-21;/h1-2,4,8-9H,3,5-7,10H2;1H. The van der Waals surface area contributed by atoms with Crippen LogP contribution in [-0.2, 0) is 19.5 Å². The van der Waals surface area contributed by atoms with E-state index < -0.39 is 11.6 Å². The molecule has 0 saturated heterocycles. The average molecular weight is 384 g/mol. The van der Waals surface area contributed by atoms with Crippen molar-refractivity contribution in [3.63, 3.8) is 0 Å². The molecular weight excluding hydrogens is 368 g/mol. The fraction of sp³-hybridized carbons (Fsp3) is 0.294. The van der Waals surface area contributed by atoms with E-state index in [1.54, 1.807) is 10.6 Å². The maximum absolute atomic E-state index is 13.4. The van der Waals surface area contributed by atoms with Crippen LogP contribution in [0.15, 0.2) is 34.4 Å². The predicted octanol–water partition coefficient (Wildman–Crippen LogP) is 3.22. The summed E-state index contributed by atoms with van der Waals surface area (Å²) in [7, 11) is 0. The van der Waals surface area contributed by atoms with Gasteiger partial charge in [-0.1, -0.05) is 6.07 Å². The molecule has 1 aliphatic rings. The van der Waals surface area contributed by atoms with Crippen molar-refractivity contribution in [2.75, 3.05) is 13.1 Å². The Bertz CT molecular complexity index is 972. The number of benzene rings is 1. The van der Waals surface area contributed by atoms with Gasteiger partial charge in [0, 0.05) is 32.6 Å². The molecule has 8 heteroatoms. The van der Waals surface area contributed by atoms with Gasteiger partial charge in [-0.15, -0.1) is 23.7 Å². The van der Waals surface area contributed by atoms with Crippen LogP contribution in [0.2, 0.25) is 0 Å². The van der Waals surface area contributed by atoms with Crippen molar-refractivity contribution in [3.05, 3.63) is 63.0 Å². The van der Waals surface area contributed by atoms with E-state index in [1.807, 2.05) is 11.4 Å². The Morgan fingerprint density at radius 1 is 1.12 bits per heavy atom. The summed E-state index contributed by atoms with van der Waals surface area (Å²) >= 11 is 1.41. The quantitative estimate of drug-likeness (QED) is 0.682. The molecule has 0 aliphatic carbocycles. The third-order valence-corrected chi connectivity index (χ3v) is 5.22. The van der Waals surface area contributed by atoms with Crippen molar-refractivity contribution in [1.82, 2.24) is 14.5 Å². The molecule has 3 heterocycles.